The van der Waals surface area contributed by atoms with Gasteiger partial charge < -0.3 is 4.90 Å². The van der Waals surface area contributed by atoms with Crippen LogP contribution in [0.1, 0.15) is 6.42 Å². The maximum absolute atomic E-state index is 10.8. The molecule has 2 aliphatic rings. The van der Waals surface area contributed by atoms with E-state index in [0.29, 0.717) is 11.8 Å². The van der Waals surface area contributed by atoms with E-state index in [4.69, 9.17) is 0 Å². The Morgan fingerprint density at radius 1 is 1.80 bits per heavy atom. The summed E-state index contributed by atoms with van der Waals surface area (Å²) in [4.78, 5) is 12.6. The van der Waals surface area contributed by atoms with Crippen molar-refractivity contribution in [2.75, 3.05) is 0 Å². The minimum Gasteiger partial charge on any atom is -0.306 e. The highest BCUT2D eigenvalue weighted by molar-refractivity contribution is 8.11. The molecule has 0 radical (unpaired) electrons. The van der Waals surface area contributed by atoms with Crippen LogP contribution >= 0.6 is 24.4 Å². The lowest BCUT2D eigenvalue weighted by Gasteiger charge is -2.40. The first kappa shape index (κ1) is 6.61. The van der Waals surface area contributed by atoms with Crippen LogP contribution in [0.2, 0.25) is 0 Å². The first-order valence-electron chi connectivity index (χ1n) is 3.10. The van der Waals surface area contributed by atoms with Crippen LogP contribution in [-0.2, 0) is 4.79 Å². The number of fused-ring (bicyclic) bond motifs is 1. The quantitative estimate of drug-likeness (QED) is 0.436. The van der Waals surface area contributed by atoms with Crippen molar-refractivity contribution < 1.29 is 4.79 Å². The van der Waals surface area contributed by atoms with Gasteiger partial charge in [-0.2, -0.15) is 12.6 Å². The molecule has 54 valence electrons. The second-order valence-electron chi connectivity index (χ2n) is 2.33. The Hall–Kier alpha value is -0.0900. The normalized spacial score (nSPS) is 37.3. The molecule has 2 rings (SSSR count). The summed E-state index contributed by atoms with van der Waals surface area (Å²) in [6.07, 6.45) is 4.46. The Kier molecular flexibility index (Phi) is 1.46. The Morgan fingerprint density at radius 2 is 2.60 bits per heavy atom. The molecule has 0 spiro atoms. The number of thioether (sulfide) groups is 1. The van der Waals surface area contributed by atoms with Gasteiger partial charge in [0, 0.05) is 6.20 Å². The Balaban J connectivity index is 2.14. The van der Waals surface area contributed by atoms with E-state index in [0.717, 1.165) is 0 Å². The highest BCUT2D eigenvalue weighted by Crippen LogP contribution is 2.37. The molecule has 4 heteroatoms. The molecule has 2 atom stereocenters. The molecular weight excluding hydrogens is 166 g/mol. The highest BCUT2D eigenvalue weighted by Gasteiger charge is 2.37. The molecule has 0 N–H and O–H groups in total. The van der Waals surface area contributed by atoms with E-state index < -0.39 is 0 Å². The molecule has 0 aromatic carbocycles. The third kappa shape index (κ3) is 0.864. The summed E-state index contributed by atoms with van der Waals surface area (Å²) in [6, 6.07) is 0. The second kappa shape index (κ2) is 2.20. The maximum Gasteiger partial charge on any atom is 0.230 e. The van der Waals surface area contributed by atoms with E-state index in [-0.39, 0.29) is 10.5 Å². The van der Waals surface area contributed by atoms with Gasteiger partial charge in [-0.05, 0) is 6.08 Å². The predicted octanol–water partition coefficient (Wildman–Crippen LogP) is 1.06. The van der Waals surface area contributed by atoms with E-state index in [9.17, 15) is 4.79 Å². The van der Waals surface area contributed by atoms with E-state index in [1.807, 2.05) is 12.3 Å². The summed E-state index contributed by atoms with van der Waals surface area (Å²) in [5.41, 5.74) is 0. The van der Waals surface area contributed by atoms with Crippen molar-refractivity contribution in [3.63, 3.8) is 0 Å². The summed E-state index contributed by atoms with van der Waals surface area (Å²) in [7, 11) is 0. The molecule has 1 fully saturated rings. The van der Waals surface area contributed by atoms with Crippen molar-refractivity contribution in [3.8, 4) is 0 Å². The SMILES string of the molecule is O=C1C[C@H]2SC(S)C=CN12. The van der Waals surface area contributed by atoms with Gasteiger partial charge in [0.1, 0.15) is 0 Å². The molecular formula is C6H7NOS2. The Labute approximate surface area is 69.1 Å². The van der Waals surface area contributed by atoms with Gasteiger partial charge in [0.15, 0.2) is 0 Å². The number of carbonyl (C=O) groups is 1. The van der Waals surface area contributed by atoms with E-state index >= 15 is 0 Å². The lowest BCUT2D eigenvalue weighted by molar-refractivity contribution is -0.137. The average Bonchev–Trinajstić information content (AvgIpc) is 1.86. The topological polar surface area (TPSA) is 20.3 Å². The van der Waals surface area contributed by atoms with Gasteiger partial charge in [-0.1, -0.05) is 0 Å². The van der Waals surface area contributed by atoms with Crippen LogP contribution in [0.25, 0.3) is 0 Å². The van der Waals surface area contributed by atoms with Gasteiger partial charge in [-0.25, -0.2) is 0 Å². The highest BCUT2D eigenvalue weighted by atomic mass is 32.2. The van der Waals surface area contributed by atoms with Crippen LogP contribution in [0.15, 0.2) is 12.3 Å². The third-order valence-electron chi connectivity index (χ3n) is 1.66. The molecule has 0 aliphatic carbocycles. The summed E-state index contributed by atoms with van der Waals surface area (Å²) in [5.74, 6) is 0.231. The predicted molar refractivity (Wildman–Crippen MR) is 44.8 cm³/mol. The average molecular weight is 173 g/mol. The van der Waals surface area contributed by atoms with Gasteiger partial charge in [-0.15, -0.1) is 11.8 Å². The number of hydrogen-bond donors (Lipinski definition) is 1. The van der Waals surface area contributed by atoms with Crippen LogP contribution in [0.5, 0.6) is 0 Å². The van der Waals surface area contributed by atoms with E-state index in [1.54, 1.807) is 16.7 Å². The number of β-lactam (4-membered cyclic amide) rings is 1. The zero-order valence-electron chi connectivity index (χ0n) is 5.23. The number of hydrogen-bond acceptors (Lipinski definition) is 3. The fourth-order valence-electron chi connectivity index (χ4n) is 1.07. The van der Waals surface area contributed by atoms with Gasteiger partial charge >= 0.3 is 0 Å². The molecule has 1 unspecified atom stereocenters. The summed E-state index contributed by atoms with van der Waals surface area (Å²) >= 11 is 5.99. The summed E-state index contributed by atoms with van der Waals surface area (Å²) in [5, 5.41) is 0.375. The smallest absolute Gasteiger partial charge is 0.230 e. The molecule has 2 heterocycles. The first-order valence-corrected chi connectivity index (χ1v) is 4.56. The molecule has 0 bridgehead atoms. The van der Waals surface area contributed by atoms with Crippen molar-refractivity contribution in [1.82, 2.24) is 4.90 Å². The lowest BCUT2D eigenvalue weighted by atomic mass is 10.2. The third-order valence-corrected chi connectivity index (χ3v) is 3.34. The standard InChI is InChI=1S/C6H7NOS2/c8-4-3-5-7(4)2-1-6(9)10-5/h1-2,5-6,9H,3H2/t5-,6?/m1/s1. The van der Waals surface area contributed by atoms with Crippen LogP contribution in [0, 0.1) is 0 Å². The number of thiol groups is 1. The number of nitrogens with zero attached hydrogens (tertiary/aromatic N) is 1. The number of carbonyl (C=O) groups excluding carboxylic acids is 1. The monoisotopic (exact) mass is 173 g/mol. The Morgan fingerprint density at radius 3 is 3.20 bits per heavy atom. The molecule has 0 aromatic rings. The van der Waals surface area contributed by atoms with Crippen molar-refractivity contribution >= 4 is 30.3 Å². The van der Waals surface area contributed by atoms with Crippen LogP contribution in [-0.4, -0.2) is 20.8 Å². The lowest BCUT2D eigenvalue weighted by Crippen LogP contribution is -2.49. The number of amides is 1. The fraction of sp³-hybridized carbons (Fsp3) is 0.500. The van der Waals surface area contributed by atoms with Crippen LogP contribution in [0.3, 0.4) is 0 Å². The molecule has 0 aromatic heterocycles. The fourth-order valence-corrected chi connectivity index (χ4v) is 2.61. The zero-order valence-corrected chi connectivity index (χ0v) is 6.94. The zero-order chi connectivity index (χ0) is 7.14. The van der Waals surface area contributed by atoms with Gasteiger partial charge in [-0.3, -0.25) is 4.79 Å². The van der Waals surface area contributed by atoms with Crippen molar-refractivity contribution in [1.29, 1.82) is 0 Å². The second-order valence-corrected chi connectivity index (χ2v) is 4.56. The molecule has 1 amide bonds. The van der Waals surface area contributed by atoms with Gasteiger partial charge in [0.2, 0.25) is 5.91 Å². The molecule has 2 aliphatic heterocycles. The molecule has 10 heavy (non-hydrogen) atoms. The minimum atomic E-state index is 0.231. The molecule has 0 saturated carbocycles. The maximum atomic E-state index is 10.8. The summed E-state index contributed by atoms with van der Waals surface area (Å²) < 4.78 is 0.273. The van der Waals surface area contributed by atoms with Crippen molar-refractivity contribution in [2.45, 2.75) is 16.4 Å². The minimum absolute atomic E-state index is 0.231. The van der Waals surface area contributed by atoms with Gasteiger partial charge in [0.05, 0.1) is 16.4 Å². The Bertz CT molecular complexity index is 204. The summed E-state index contributed by atoms with van der Waals surface area (Å²) in [6.45, 7) is 0. The molecule has 2 nitrogen and oxygen atoms in total. The molecule has 1 saturated heterocycles. The van der Waals surface area contributed by atoms with E-state index in [2.05, 4.69) is 12.6 Å². The van der Waals surface area contributed by atoms with Gasteiger partial charge in [0.25, 0.3) is 0 Å². The van der Waals surface area contributed by atoms with Crippen LogP contribution < -0.4 is 0 Å². The van der Waals surface area contributed by atoms with E-state index in [1.165, 1.54) is 0 Å². The largest absolute Gasteiger partial charge is 0.306 e. The first-order chi connectivity index (χ1) is 4.77. The van der Waals surface area contributed by atoms with Crippen molar-refractivity contribution in [2.24, 2.45) is 0 Å². The van der Waals surface area contributed by atoms with Crippen LogP contribution in [0.4, 0.5) is 0 Å². The van der Waals surface area contributed by atoms with Crippen molar-refractivity contribution in [3.05, 3.63) is 12.3 Å². The number of rotatable bonds is 0.